The highest BCUT2D eigenvalue weighted by Gasteiger charge is 2.26. The van der Waals surface area contributed by atoms with Crippen LogP contribution in [0.1, 0.15) is 12.1 Å². The zero-order valence-electron chi connectivity index (χ0n) is 13.4. The Balaban J connectivity index is 1.63. The number of aromatic nitrogens is 2. The van der Waals surface area contributed by atoms with Gasteiger partial charge in [-0.3, -0.25) is 23.7 Å². The van der Waals surface area contributed by atoms with Crippen LogP contribution in [0.5, 0.6) is 0 Å². The maximum Gasteiger partial charge on any atom is 0.330 e. The van der Waals surface area contributed by atoms with Crippen LogP contribution in [0.4, 0.5) is 0 Å². The summed E-state index contributed by atoms with van der Waals surface area (Å²) in [5, 5.41) is 3.42. The van der Waals surface area contributed by atoms with Crippen LogP contribution in [-0.2, 0) is 20.6 Å². The lowest BCUT2D eigenvalue weighted by atomic mass is 10.2. The molecule has 122 valence electrons. The van der Waals surface area contributed by atoms with Crippen molar-refractivity contribution >= 4 is 0 Å². The third-order valence-corrected chi connectivity index (χ3v) is 4.97. The third kappa shape index (κ3) is 3.02. The second-order valence-electron chi connectivity index (χ2n) is 6.33. The zero-order chi connectivity index (χ0) is 15.7. The lowest BCUT2D eigenvalue weighted by molar-refractivity contribution is 0.0964. The highest BCUT2D eigenvalue weighted by Crippen LogP contribution is 2.13. The lowest BCUT2D eigenvalue weighted by Crippen LogP contribution is -2.51. The Kier molecular flexibility index (Phi) is 4.46. The maximum absolute atomic E-state index is 12.0. The standard InChI is InChI=1S/C15H25N5O2/c1-17-13(9-14(21)18(2)15(17)22)11-19-5-7-20(8-6-19)12-3-4-16-10-12/h9,12,16H,3-8,10-11H2,1-2H3. The van der Waals surface area contributed by atoms with E-state index >= 15 is 0 Å². The second kappa shape index (κ2) is 6.36. The van der Waals surface area contributed by atoms with Crippen molar-refractivity contribution < 1.29 is 0 Å². The van der Waals surface area contributed by atoms with Gasteiger partial charge in [0.2, 0.25) is 0 Å². The minimum absolute atomic E-state index is 0.228. The van der Waals surface area contributed by atoms with Crippen molar-refractivity contribution in [1.29, 1.82) is 0 Å². The molecule has 0 amide bonds. The van der Waals surface area contributed by atoms with E-state index in [1.807, 2.05) is 0 Å². The van der Waals surface area contributed by atoms with Gasteiger partial charge >= 0.3 is 5.69 Å². The molecule has 0 radical (unpaired) electrons. The van der Waals surface area contributed by atoms with Crippen molar-refractivity contribution in [3.05, 3.63) is 32.6 Å². The van der Waals surface area contributed by atoms with Crippen LogP contribution in [0.3, 0.4) is 0 Å². The molecule has 0 aromatic carbocycles. The molecule has 2 saturated heterocycles. The number of nitrogens with one attached hydrogen (secondary N) is 1. The molecule has 2 aliphatic heterocycles. The molecule has 0 spiro atoms. The van der Waals surface area contributed by atoms with Gasteiger partial charge < -0.3 is 5.32 Å². The summed E-state index contributed by atoms with van der Waals surface area (Å²) in [4.78, 5) is 28.6. The third-order valence-electron chi connectivity index (χ3n) is 4.97. The zero-order valence-corrected chi connectivity index (χ0v) is 13.4. The molecule has 1 N–H and O–H groups in total. The predicted octanol–water partition coefficient (Wildman–Crippen LogP) is -1.44. The predicted molar refractivity (Wildman–Crippen MR) is 85.0 cm³/mol. The number of piperazine rings is 1. The monoisotopic (exact) mass is 307 g/mol. The van der Waals surface area contributed by atoms with Crippen molar-refractivity contribution in [3.8, 4) is 0 Å². The summed E-state index contributed by atoms with van der Waals surface area (Å²) >= 11 is 0. The van der Waals surface area contributed by atoms with Crippen molar-refractivity contribution in [2.75, 3.05) is 39.3 Å². The van der Waals surface area contributed by atoms with E-state index in [4.69, 9.17) is 0 Å². The first-order valence-corrected chi connectivity index (χ1v) is 7.99. The van der Waals surface area contributed by atoms with E-state index < -0.39 is 0 Å². The van der Waals surface area contributed by atoms with Crippen molar-refractivity contribution in [2.24, 2.45) is 14.1 Å². The molecule has 1 atom stereocenters. The van der Waals surface area contributed by atoms with Crippen LogP contribution >= 0.6 is 0 Å². The van der Waals surface area contributed by atoms with Gasteiger partial charge in [0.15, 0.2) is 0 Å². The normalized spacial score (nSPS) is 24.0. The summed E-state index contributed by atoms with van der Waals surface area (Å²) in [5.41, 5.74) is 0.316. The van der Waals surface area contributed by atoms with Crippen LogP contribution < -0.4 is 16.6 Å². The SMILES string of the molecule is Cn1c(CN2CCN(C3CCNC3)CC2)cc(=O)n(C)c1=O. The van der Waals surface area contributed by atoms with Crippen LogP contribution in [0.2, 0.25) is 0 Å². The molecule has 7 nitrogen and oxygen atoms in total. The molecule has 0 aliphatic carbocycles. The van der Waals surface area contributed by atoms with E-state index in [-0.39, 0.29) is 11.2 Å². The topological polar surface area (TPSA) is 62.5 Å². The van der Waals surface area contributed by atoms with Gasteiger partial charge in [0.1, 0.15) is 0 Å². The first kappa shape index (κ1) is 15.5. The highest BCUT2D eigenvalue weighted by atomic mass is 16.2. The molecule has 0 bridgehead atoms. The molecule has 3 rings (SSSR count). The Morgan fingerprint density at radius 1 is 1.14 bits per heavy atom. The summed E-state index contributed by atoms with van der Waals surface area (Å²) in [5.74, 6) is 0. The Labute approximate surface area is 130 Å². The van der Waals surface area contributed by atoms with Gasteiger partial charge in [-0.15, -0.1) is 0 Å². The van der Waals surface area contributed by atoms with Crippen LogP contribution in [0.25, 0.3) is 0 Å². The number of hydrogen-bond donors (Lipinski definition) is 1. The van der Waals surface area contributed by atoms with Gasteiger partial charge in [-0.25, -0.2) is 4.79 Å². The van der Waals surface area contributed by atoms with Crippen molar-refractivity contribution in [3.63, 3.8) is 0 Å². The summed E-state index contributed by atoms with van der Waals surface area (Å²) in [7, 11) is 3.25. The van der Waals surface area contributed by atoms with Crippen LogP contribution in [0, 0.1) is 0 Å². The maximum atomic E-state index is 12.0. The number of rotatable bonds is 3. The second-order valence-corrected chi connectivity index (χ2v) is 6.33. The molecule has 0 saturated carbocycles. The molecule has 1 unspecified atom stereocenters. The molecule has 3 heterocycles. The van der Waals surface area contributed by atoms with E-state index in [2.05, 4.69) is 15.1 Å². The summed E-state index contributed by atoms with van der Waals surface area (Å²) in [6.07, 6.45) is 1.24. The van der Waals surface area contributed by atoms with Gasteiger partial charge in [-0.1, -0.05) is 0 Å². The average Bonchev–Trinajstić information content (AvgIpc) is 3.05. The van der Waals surface area contributed by atoms with E-state index in [1.165, 1.54) is 13.5 Å². The number of hydrogen-bond acceptors (Lipinski definition) is 5. The van der Waals surface area contributed by atoms with Gasteiger partial charge in [-0.2, -0.15) is 0 Å². The molecular weight excluding hydrogens is 282 g/mol. The molecule has 2 aliphatic rings. The fourth-order valence-electron chi connectivity index (χ4n) is 3.40. The Morgan fingerprint density at radius 3 is 2.50 bits per heavy atom. The Hall–Kier alpha value is -1.44. The first-order chi connectivity index (χ1) is 10.6. The van der Waals surface area contributed by atoms with Crippen molar-refractivity contribution in [2.45, 2.75) is 19.0 Å². The largest absolute Gasteiger partial charge is 0.330 e. The first-order valence-electron chi connectivity index (χ1n) is 7.99. The van der Waals surface area contributed by atoms with E-state index in [9.17, 15) is 9.59 Å². The molecule has 1 aromatic heterocycles. The fourth-order valence-corrected chi connectivity index (χ4v) is 3.40. The summed E-state index contributed by atoms with van der Waals surface area (Å²) in [6.45, 7) is 6.98. The minimum atomic E-state index is -0.252. The molecule has 22 heavy (non-hydrogen) atoms. The van der Waals surface area contributed by atoms with E-state index in [1.54, 1.807) is 17.7 Å². The van der Waals surface area contributed by atoms with Crippen LogP contribution in [0.15, 0.2) is 15.7 Å². The summed E-state index contributed by atoms with van der Waals surface area (Å²) < 4.78 is 2.73. The molecular formula is C15H25N5O2. The Bertz CT molecular complexity index is 636. The molecule has 7 heteroatoms. The van der Waals surface area contributed by atoms with Gasteiger partial charge in [0.05, 0.1) is 0 Å². The van der Waals surface area contributed by atoms with E-state index in [0.29, 0.717) is 12.6 Å². The van der Waals surface area contributed by atoms with Crippen LogP contribution in [-0.4, -0.2) is 64.2 Å². The molecule has 2 fully saturated rings. The lowest BCUT2D eigenvalue weighted by Gasteiger charge is -2.37. The summed E-state index contributed by atoms with van der Waals surface area (Å²) in [6, 6.07) is 2.25. The molecule has 1 aromatic rings. The Morgan fingerprint density at radius 2 is 1.86 bits per heavy atom. The quantitative estimate of drug-likeness (QED) is 0.741. The fraction of sp³-hybridized carbons (Fsp3) is 0.733. The van der Waals surface area contributed by atoms with Crippen molar-refractivity contribution in [1.82, 2.24) is 24.3 Å². The number of nitrogens with zero attached hydrogens (tertiary/aromatic N) is 4. The van der Waals surface area contributed by atoms with Gasteiger partial charge in [0, 0.05) is 71.2 Å². The minimum Gasteiger partial charge on any atom is -0.315 e. The average molecular weight is 307 g/mol. The van der Waals surface area contributed by atoms with Gasteiger partial charge in [-0.05, 0) is 13.0 Å². The smallest absolute Gasteiger partial charge is 0.315 e. The van der Waals surface area contributed by atoms with Gasteiger partial charge in [0.25, 0.3) is 5.56 Å². The highest BCUT2D eigenvalue weighted by molar-refractivity contribution is 5.02. The van der Waals surface area contributed by atoms with E-state index in [0.717, 1.165) is 49.5 Å².